The summed E-state index contributed by atoms with van der Waals surface area (Å²) in [6, 6.07) is 6.20. The first-order chi connectivity index (χ1) is 6.77. The molecule has 1 heterocycles. The average molecular weight is 331 g/mol. The number of rotatable bonds is 1. The lowest BCUT2D eigenvalue weighted by molar-refractivity contribution is 1.49. The van der Waals surface area contributed by atoms with Gasteiger partial charge in [-0.15, -0.1) is 11.3 Å². The number of fused-ring (bicyclic) bond motifs is 1. The zero-order valence-corrected chi connectivity index (χ0v) is 11.0. The SMILES string of the molecule is N#Cc1c(Br)ccc2c(CBr)csc12. The number of nitriles is 1. The van der Waals surface area contributed by atoms with Crippen LogP contribution in [0.5, 0.6) is 0 Å². The van der Waals surface area contributed by atoms with Gasteiger partial charge in [0.2, 0.25) is 0 Å². The summed E-state index contributed by atoms with van der Waals surface area (Å²) in [5.74, 6) is 0. The molecule has 0 aliphatic heterocycles. The Balaban J connectivity index is 2.85. The molecule has 70 valence electrons. The highest BCUT2D eigenvalue weighted by Crippen LogP contribution is 2.33. The minimum atomic E-state index is 0.736. The molecule has 4 heteroatoms. The maximum Gasteiger partial charge on any atom is 0.102 e. The van der Waals surface area contributed by atoms with E-state index in [9.17, 15) is 0 Å². The number of hydrogen-bond donors (Lipinski definition) is 0. The van der Waals surface area contributed by atoms with Crippen LogP contribution >= 0.6 is 43.2 Å². The topological polar surface area (TPSA) is 23.8 Å². The number of benzene rings is 1. The predicted octanol–water partition coefficient (Wildman–Crippen LogP) is 4.43. The normalized spacial score (nSPS) is 10.4. The van der Waals surface area contributed by atoms with Crippen LogP contribution in [0.25, 0.3) is 10.1 Å². The van der Waals surface area contributed by atoms with Crippen LogP contribution in [-0.4, -0.2) is 0 Å². The van der Waals surface area contributed by atoms with E-state index in [1.807, 2.05) is 12.1 Å². The zero-order valence-electron chi connectivity index (χ0n) is 7.05. The maximum atomic E-state index is 9.01. The van der Waals surface area contributed by atoms with Gasteiger partial charge in [0.15, 0.2) is 0 Å². The van der Waals surface area contributed by atoms with Crippen molar-refractivity contribution in [3.8, 4) is 6.07 Å². The van der Waals surface area contributed by atoms with Crippen molar-refractivity contribution in [1.29, 1.82) is 5.26 Å². The summed E-state index contributed by atoms with van der Waals surface area (Å²) < 4.78 is 1.94. The van der Waals surface area contributed by atoms with Crippen LogP contribution in [-0.2, 0) is 5.33 Å². The summed E-state index contributed by atoms with van der Waals surface area (Å²) in [4.78, 5) is 0. The standard InChI is InChI=1S/C10H5Br2NS/c11-3-6-5-14-10-7(6)1-2-9(12)8(10)4-13/h1-2,5H,3H2. The molecule has 14 heavy (non-hydrogen) atoms. The highest BCUT2D eigenvalue weighted by Gasteiger charge is 2.09. The number of alkyl halides is 1. The van der Waals surface area contributed by atoms with E-state index >= 15 is 0 Å². The summed E-state index contributed by atoms with van der Waals surface area (Å²) >= 11 is 8.44. The summed E-state index contributed by atoms with van der Waals surface area (Å²) in [5.41, 5.74) is 1.98. The van der Waals surface area contributed by atoms with Crippen molar-refractivity contribution in [3.63, 3.8) is 0 Å². The van der Waals surface area contributed by atoms with Gasteiger partial charge in [-0.05, 0) is 38.3 Å². The Kier molecular flexibility index (Phi) is 2.91. The van der Waals surface area contributed by atoms with E-state index in [-0.39, 0.29) is 0 Å². The average Bonchev–Trinajstić information content (AvgIpc) is 2.60. The van der Waals surface area contributed by atoms with E-state index in [1.54, 1.807) is 11.3 Å². The van der Waals surface area contributed by atoms with Crippen LogP contribution < -0.4 is 0 Å². The van der Waals surface area contributed by atoms with E-state index < -0.39 is 0 Å². The van der Waals surface area contributed by atoms with Crippen molar-refractivity contribution in [1.82, 2.24) is 0 Å². The molecule has 1 aromatic heterocycles. The molecule has 2 aromatic rings. The number of halogens is 2. The molecule has 0 aliphatic rings. The second-order valence-electron chi connectivity index (χ2n) is 2.81. The van der Waals surface area contributed by atoms with Gasteiger partial charge >= 0.3 is 0 Å². The van der Waals surface area contributed by atoms with Crippen molar-refractivity contribution < 1.29 is 0 Å². The molecule has 0 spiro atoms. The second-order valence-corrected chi connectivity index (χ2v) is 5.10. The number of nitrogens with zero attached hydrogens (tertiary/aromatic N) is 1. The molecule has 0 saturated carbocycles. The van der Waals surface area contributed by atoms with E-state index in [2.05, 4.69) is 43.3 Å². The summed E-state index contributed by atoms with van der Waals surface area (Å²) in [5, 5.41) is 13.1. The second kappa shape index (κ2) is 4.01. The first kappa shape index (κ1) is 10.2. The Morgan fingerprint density at radius 2 is 2.21 bits per heavy atom. The monoisotopic (exact) mass is 329 g/mol. The van der Waals surface area contributed by atoms with Gasteiger partial charge in [0.25, 0.3) is 0 Å². The van der Waals surface area contributed by atoms with Gasteiger partial charge in [-0.3, -0.25) is 0 Å². The quantitative estimate of drug-likeness (QED) is 0.709. The lowest BCUT2D eigenvalue weighted by atomic mass is 10.1. The van der Waals surface area contributed by atoms with Gasteiger partial charge in [-0.2, -0.15) is 5.26 Å². The Labute approximate surface area is 103 Å². The highest BCUT2D eigenvalue weighted by molar-refractivity contribution is 9.10. The molecule has 0 fully saturated rings. The smallest absolute Gasteiger partial charge is 0.102 e. The third-order valence-corrected chi connectivity index (χ3v) is 4.35. The summed E-state index contributed by atoms with van der Waals surface area (Å²) in [7, 11) is 0. The van der Waals surface area contributed by atoms with E-state index in [0.717, 1.165) is 20.1 Å². The first-order valence-corrected chi connectivity index (χ1v) is 6.72. The van der Waals surface area contributed by atoms with Crippen LogP contribution in [0.4, 0.5) is 0 Å². The van der Waals surface area contributed by atoms with Gasteiger partial charge in [0.1, 0.15) is 6.07 Å². The van der Waals surface area contributed by atoms with Gasteiger partial charge in [0, 0.05) is 9.80 Å². The molecule has 0 N–H and O–H groups in total. The Morgan fingerprint density at radius 1 is 1.43 bits per heavy atom. The minimum Gasteiger partial charge on any atom is -0.192 e. The third-order valence-electron chi connectivity index (χ3n) is 2.03. The fraction of sp³-hybridized carbons (Fsp3) is 0.100. The Morgan fingerprint density at radius 3 is 2.86 bits per heavy atom. The minimum absolute atomic E-state index is 0.736. The molecule has 2 rings (SSSR count). The van der Waals surface area contributed by atoms with Crippen LogP contribution in [0.1, 0.15) is 11.1 Å². The molecule has 0 radical (unpaired) electrons. The van der Waals surface area contributed by atoms with Crippen molar-refractivity contribution in [2.75, 3.05) is 0 Å². The molecular formula is C10H5Br2NS. The molecule has 0 atom stereocenters. The summed E-state index contributed by atoms with van der Waals surface area (Å²) in [6.07, 6.45) is 0. The van der Waals surface area contributed by atoms with E-state index in [4.69, 9.17) is 5.26 Å². The van der Waals surface area contributed by atoms with Gasteiger partial charge < -0.3 is 0 Å². The van der Waals surface area contributed by atoms with Gasteiger partial charge in [0.05, 0.1) is 10.3 Å². The van der Waals surface area contributed by atoms with E-state index in [1.165, 1.54) is 10.9 Å². The van der Waals surface area contributed by atoms with E-state index in [0.29, 0.717) is 0 Å². The fourth-order valence-electron chi connectivity index (χ4n) is 1.34. The highest BCUT2D eigenvalue weighted by atomic mass is 79.9. The molecule has 0 unspecified atom stereocenters. The Hall–Kier alpha value is -0.370. The zero-order chi connectivity index (χ0) is 10.1. The lowest BCUT2D eigenvalue weighted by Gasteiger charge is -1.97. The van der Waals surface area contributed by atoms with Gasteiger partial charge in [-0.1, -0.05) is 22.0 Å². The molecule has 0 aliphatic carbocycles. The first-order valence-electron chi connectivity index (χ1n) is 3.92. The van der Waals surface area contributed by atoms with Crippen molar-refractivity contribution in [3.05, 3.63) is 33.1 Å². The molecule has 1 aromatic carbocycles. The van der Waals surface area contributed by atoms with Crippen LogP contribution in [0.3, 0.4) is 0 Å². The molecule has 0 saturated heterocycles. The molecule has 1 nitrogen and oxygen atoms in total. The molecule has 0 amide bonds. The van der Waals surface area contributed by atoms with Gasteiger partial charge in [-0.25, -0.2) is 0 Å². The number of hydrogen-bond acceptors (Lipinski definition) is 2. The van der Waals surface area contributed by atoms with Crippen molar-refractivity contribution in [2.24, 2.45) is 0 Å². The summed E-state index contributed by atoms with van der Waals surface area (Å²) in [6.45, 7) is 0. The largest absolute Gasteiger partial charge is 0.192 e. The van der Waals surface area contributed by atoms with Crippen LogP contribution in [0.2, 0.25) is 0 Å². The maximum absolute atomic E-state index is 9.01. The predicted molar refractivity (Wildman–Crippen MR) is 66.9 cm³/mol. The number of thiophene rings is 1. The fourth-order valence-corrected chi connectivity index (χ4v) is 3.63. The Bertz CT molecular complexity index is 525. The molecular weight excluding hydrogens is 326 g/mol. The third kappa shape index (κ3) is 1.50. The van der Waals surface area contributed by atoms with Crippen LogP contribution in [0.15, 0.2) is 22.0 Å². The van der Waals surface area contributed by atoms with Crippen LogP contribution in [0, 0.1) is 11.3 Å². The molecule has 0 bridgehead atoms. The van der Waals surface area contributed by atoms with Crippen molar-refractivity contribution in [2.45, 2.75) is 5.33 Å². The van der Waals surface area contributed by atoms with Crippen molar-refractivity contribution >= 4 is 53.3 Å². The lowest BCUT2D eigenvalue weighted by Crippen LogP contribution is -1.79.